The molecule has 0 aliphatic heterocycles. The van der Waals surface area contributed by atoms with E-state index >= 15 is 0 Å². The van der Waals surface area contributed by atoms with Crippen LogP contribution in [0.3, 0.4) is 0 Å². The van der Waals surface area contributed by atoms with Gasteiger partial charge in [-0.05, 0) is 89.4 Å². The Morgan fingerprint density at radius 3 is 2.06 bits per heavy atom. The molecule has 0 heterocycles. The van der Waals surface area contributed by atoms with Crippen LogP contribution in [-0.2, 0) is 19.6 Å². The first kappa shape index (κ1) is 41.6. The van der Waals surface area contributed by atoms with E-state index < -0.39 is 46.3 Å². The second-order valence-electron chi connectivity index (χ2n) is 15.0. The SMILES string of the molecule is CC#CC1CC(C(=O)NC(CC2CC(F)CC(F)C2)C(O)CN(CCC)NS(=O)(=O)CC2CCCCC2)CC(C(=O)N(CCC)CCC)C1. The zero-order valence-corrected chi connectivity index (χ0v) is 31.3. The van der Waals surface area contributed by atoms with Crippen LogP contribution in [-0.4, -0.2) is 91.7 Å². The van der Waals surface area contributed by atoms with Gasteiger partial charge in [0.15, 0.2) is 0 Å². The van der Waals surface area contributed by atoms with E-state index in [2.05, 4.69) is 22.0 Å². The first-order valence-corrected chi connectivity index (χ1v) is 20.8. The Labute approximate surface area is 295 Å². The molecule has 3 saturated carbocycles. The van der Waals surface area contributed by atoms with Crippen molar-refractivity contribution in [2.45, 2.75) is 148 Å². The first-order chi connectivity index (χ1) is 23.4. The summed E-state index contributed by atoms with van der Waals surface area (Å²) in [6, 6.07) is -0.860. The first-order valence-electron chi connectivity index (χ1n) is 19.1. The number of carbonyl (C=O) groups is 2. The number of sulfonamides is 1. The Kier molecular flexibility index (Phi) is 17.7. The number of aliphatic hydroxyl groups is 1. The molecule has 3 fully saturated rings. The van der Waals surface area contributed by atoms with Crippen LogP contribution < -0.4 is 10.1 Å². The molecule has 3 rings (SSSR count). The van der Waals surface area contributed by atoms with E-state index in [0.717, 1.165) is 44.9 Å². The Hall–Kier alpha value is -1.81. The van der Waals surface area contributed by atoms with Gasteiger partial charge in [0.1, 0.15) is 12.3 Å². The third-order valence-electron chi connectivity index (χ3n) is 10.5. The summed E-state index contributed by atoms with van der Waals surface area (Å²) in [7, 11) is -3.67. The standard InChI is InChI=1S/C37H64F2N4O5S/c1-5-12-28-18-30(23-31(19-28)37(46)42(15-6-2)16-7-3)36(45)40-34(22-29-20-32(38)24-33(39)21-29)35(44)25-43(17-8-4)41-49(47,48)26-27-13-10-9-11-14-27/h27-35,41,44H,6-11,13-26H2,1-4H3,(H,40,45). The maximum atomic E-state index is 14.5. The molecule has 0 radical (unpaired) electrons. The molecule has 3 aliphatic carbocycles. The molecule has 0 aromatic heterocycles. The fourth-order valence-corrected chi connectivity index (χ4v) is 9.92. The summed E-state index contributed by atoms with van der Waals surface area (Å²) in [6.45, 7) is 9.31. The highest BCUT2D eigenvalue weighted by atomic mass is 32.2. The molecule has 2 amide bonds. The van der Waals surface area contributed by atoms with Crippen molar-refractivity contribution in [1.29, 1.82) is 0 Å². The number of aliphatic hydroxyl groups excluding tert-OH is 1. The zero-order valence-electron chi connectivity index (χ0n) is 30.5. The van der Waals surface area contributed by atoms with E-state index in [1.807, 2.05) is 25.7 Å². The zero-order chi connectivity index (χ0) is 36.0. The molecule has 7 unspecified atom stereocenters. The van der Waals surface area contributed by atoms with Gasteiger partial charge in [0.05, 0.1) is 17.9 Å². The molecular formula is C37H64F2N4O5S. The summed E-state index contributed by atoms with van der Waals surface area (Å²) >= 11 is 0. The average Bonchev–Trinajstić information content (AvgIpc) is 3.03. The predicted molar refractivity (Wildman–Crippen MR) is 190 cm³/mol. The molecule has 282 valence electrons. The highest BCUT2D eigenvalue weighted by molar-refractivity contribution is 7.89. The summed E-state index contributed by atoms with van der Waals surface area (Å²) in [6.07, 6.45) is 5.18. The lowest BCUT2D eigenvalue weighted by Crippen LogP contribution is -2.55. The maximum Gasteiger partial charge on any atom is 0.225 e. The summed E-state index contributed by atoms with van der Waals surface area (Å²) in [5, 5.41) is 16.2. The molecule has 0 aromatic carbocycles. The summed E-state index contributed by atoms with van der Waals surface area (Å²) in [5.74, 6) is 4.61. The highest BCUT2D eigenvalue weighted by Gasteiger charge is 2.39. The van der Waals surface area contributed by atoms with Crippen molar-refractivity contribution in [3.63, 3.8) is 0 Å². The van der Waals surface area contributed by atoms with Crippen molar-refractivity contribution < 1.29 is 31.9 Å². The third kappa shape index (κ3) is 14.0. The third-order valence-corrected chi connectivity index (χ3v) is 11.9. The second kappa shape index (κ2) is 20.9. The van der Waals surface area contributed by atoms with Crippen LogP contribution in [0.4, 0.5) is 8.78 Å². The van der Waals surface area contributed by atoms with Gasteiger partial charge in [0.25, 0.3) is 0 Å². The Morgan fingerprint density at radius 2 is 1.47 bits per heavy atom. The minimum Gasteiger partial charge on any atom is -0.390 e. The van der Waals surface area contributed by atoms with Crippen molar-refractivity contribution in [3.8, 4) is 11.8 Å². The molecule has 7 atom stereocenters. The number of alkyl halides is 2. The predicted octanol–water partition coefficient (Wildman–Crippen LogP) is 5.53. The fraction of sp³-hybridized carbons (Fsp3) is 0.892. The second-order valence-corrected chi connectivity index (χ2v) is 16.8. The average molecular weight is 715 g/mol. The van der Waals surface area contributed by atoms with Crippen molar-refractivity contribution in [1.82, 2.24) is 20.1 Å². The molecule has 9 nitrogen and oxygen atoms in total. The number of rotatable bonds is 18. The van der Waals surface area contributed by atoms with Gasteiger partial charge in [-0.15, -0.1) is 16.7 Å². The van der Waals surface area contributed by atoms with Crippen LogP contribution in [0.25, 0.3) is 0 Å². The van der Waals surface area contributed by atoms with E-state index in [1.165, 1.54) is 5.01 Å². The van der Waals surface area contributed by atoms with Crippen molar-refractivity contribution in [2.24, 2.45) is 29.6 Å². The van der Waals surface area contributed by atoms with E-state index in [-0.39, 0.29) is 67.5 Å². The smallest absolute Gasteiger partial charge is 0.225 e. The summed E-state index contributed by atoms with van der Waals surface area (Å²) in [5.41, 5.74) is 0. The van der Waals surface area contributed by atoms with Crippen LogP contribution in [0.2, 0.25) is 0 Å². The van der Waals surface area contributed by atoms with Gasteiger partial charge in [0, 0.05) is 50.4 Å². The number of carbonyl (C=O) groups excluding carboxylic acids is 2. The van der Waals surface area contributed by atoms with Gasteiger partial charge in [-0.2, -0.15) is 0 Å². The van der Waals surface area contributed by atoms with E-state index in [9.17, 15) is 31.9 Å². The summed E-state index contributed by atoms with van der Waals surface area (Å²) < 4.78 is 55.3. The number of hydrogen-bond donors (Lipinski definition) is 3. The molecule has 0 spiro atoms. The lowest BCUT2D eigenvalue weighted by molar-refractivity contribution is -0.139. The topological polar surface area (TPSA) is 119 Å². The molecular weight excluding hydrogens is 650 g/mol. The Morgan fingerprint density at radius 1 is 0.857 bits per heavy atom. The normalized spacial score (nSPS) is 27.9. The van der Waals surface area contributed by atoms with Gasteiger partial charge in [-0.25, -0.2) is 22.2 Å². The fourth-order valence-electron chi connectivity index (χ4n) is 8.34. The van der Waals surface area contributed by atoms with Gasteiger partial charge >= 0.3 is 0 Å². The largest absolute Gasteiger partial charge is 0.390 e. The number of hydrogen-bond acceptors (Lipinski definition) is 6. The minimum atomic E-state index is -3.67. The molecule has 3 aliphatic rings. The van der Waals surface area contributed by atoms with Gasteiger partial charge in [0.2, 0.25) is 21.8 Å². The summed E-state index contributed by atoms with van der Waals surface area (Å²) in [4.78, 5) is 32.2. The van der Waals surface area contributed by atoms with Crippen LogP contribution in [0.5, 0.6) is 0 Å². The molecule has 0 bridgehead atoms. The van der Waals surface area contributed by atoms with Crippen molar-refractivity contribution >= 4 is 21.8 Å². The monoisotopic (exact) mass is 714 g/mol. The van der Waals surface area contributed by atoms with Crippen molar-refractivity contribution in [3.05, 3.63) is 0 Å². The number of amides is 2. The van der Waals surface area contributed by atoms with E-state index in [1.54, 1.807) is 6.92 Å². The maximum absolute atomic E-state index is 14.5. The van der Waals surface area contributed by atoms with Crippen LogP contribution >= 0.6 is 0 Å². The lowest BCUT2D eigenvalue weighted by Gasteiger charge is -2.37. The van der Waals surface area contributed by atoms with Crippen molar-refractivity contribution in [2.75, 3.05) is 31.9 Å². The number of halogens is 2. The number of nitrogens with one attached hydrogen (secondary N) is 2. The lowest BCUT2D eigenvalue weighted by atomic mass is 9.74. The minimum absolute atomic E-state index is 0.0264. The highest BCUT2D eigenvalue weighted by Crippen LogP contribution is 2.36. The Bertz CT molecular complexity index is 1170. The van der Waals surface area contributed by atoms with Gasteiger partial charge in [-0.3, -0.25) is 9.59 Å². The molecule has 0 saturated heterocycles. The van der Waals surface area contributed by atoms with Crippen LogP contribution in [0, 0.1) is 41.4 Å². The van der Waals surface area contributed by atoms with E-state index in [0.29, 0.717) is 45.3 Å². The van der Waals surface area contributed by atoms with E-state index in [4.69, 9.17) is 0 Å². The molecule has 0 aromatic rings. The molecule has 12 heteroatoms. The van der Waals surface area contributed by atoms with Gasteiger partial charge < -0.3 is 15.3 Å². The molecule has 3 N–H and O–H groups in total. The molecule has 49 heavy (non-hydrogen) atoms. The quantitative estimate of drug-likeness (QED) is 0.127. The number of hydrazine groups is 1. The Balaban J connectivity index is 1.79. The van der Waals surface area contributed by atoms with Crippen LogP contribution in [0.1, 0.15) is 124 Å². The van der Waals surface area contributed by atoms with Crippen LogP contribution in [0.15, 0.2) is 0 Å². The van der Waals surface area contributed by atoms with Gasteiger partial charge in [-0.1, -0.05) is 40.0 Å². The number of nitrogens with zero attached hydrogens (tertiary/aromatic N) is 2.